The quantitative estimate of drug-likeness (QED) is 0.628. The number of hydrogen-bond acceptors (Lipinski definition) is 5. The van der Waals surface area contributed by atoms with Crippen molar-refractivity contribution in [1.82, 2.24) is 19.7 Å². The number of piperidine rings is 1. The van der Waals surface area contributed by atoms with Gasteiger partial charge in [-0.15, -0.1) is 10.2 Å². The van der Waals surface area contributed by atoms with E-state index < -0.39 is 15.1 Å². The maximum absolute atomic E-state index is 12.8. The number of carbonyl (C=O) groups excluding carboxylic acids is 1. The van der Waals surface area contributed by atoms with Gasteiger partial charge in [-0.25, -0.2) is 8.42 Å². The Balaban J connectivity index is 1.35. The summed E-state index contributed by atoms with van der Waals surface area (Å²) in [5.41, 5.74) is 3.21. The lowest BCUT2D eigenvalue weighted by atomic mass is 10.0. The maximum Gasteiger partial charge on any atom is 0.249 e. The SMILES string of the molecule is Cn1cnnc1S(=O)(=O)C1CCN(C(=O)Cc2ccc(-c3ccccc3)cc2)CC1. The molecule has 1 aliphatic rings. The van der Waals surface area contributed by atoms with E-state index in [4.69, 9.17) is 0 Å². The van der Waals surface area contributed by atoms with Crippen LogP contribution in [-0.4, -0.2) is 52.3 Å². The zero-order valence-corrected chi connectivity index (χ0v) is 17.6. The van der Waals surface area contributed by atoms with Crippen molar-refractivity contribution < 1.29 is 13.2 Å². The molecular formula is C22H24N4O3S. The molecule has 0 radical (unpaired) electrons. The first-order chi connectivity index (χ1) is 14.4. The minimum Gasteiger partial charge on any atom is -0.342 e. The van der Waals surface area contributed by atoms with Crippen LogP contribution in [0.15, 0.2) is 66.1 Å². The summed E-state index contributed by atoms with van der Waals surface area (Å²) in [7, 11) is -1.92. The Kier molecular flexibility index (Phi) is 5.67. The molecule has 0 unspecified atom stereocenters. The second kappa shape index (κ2) is 8.39. The third-order valence-corrected chi connectivity index (χ3v) is 7.80. The van der Waals surface area contributed by atoms with E-state index >= 15 is 0 Å². The van der Waals surface area contributed by atoms with Crippen LogP contribution in [0.4, 0.5) is 0 Å². The predicted octanol–water partition coefficient (Wildman–Crippen LogP) is 2.49. The number of aromatic nitrogens is 3. The zero-order valence-electron chi connectivity index (χ0n) is 16.8. The number of rotatable bonds is 5. The van der Waals surface area contributed by atoms with E-state index in [0.717, 1.165) is 16.7 Å². The summed E-state index contributed by atoms with van der Waals surface area (Å²) in [6.45, 7) is 0.866. The molecule has 2 aromatic carbocycles. The monoisotopic (exact) mass is 424 g/mol. The molecule has 0 saturated carbocycles. The fraction of sp³-hybridized carbons (Fsp3) is 0.318. The minimum absolute atomic E-state index is 0.00853. The number of likely N-dealkylation sites (tertiary alicyclic amines) is 1. The fourth-order valence-electron chi connectivity index (χ4n) is 3.83. The molecule has 0 N–H and O–H groups in total. The molecule has 156 valence electrons. The Morgan fingerprint density at radius 1 is 1.00 bits per heavy atom. The van der Waals surface area contributed by atoms with E-state index in [0.29, 0.717) is 32.4 Å². The fourth-order valence-corrected chi connectivity index (χ4v) is 5.57. The van der Waals surface area contributed by atoms with Crippen LogP contribution in [0.2, 0.25) is 0 Å². The Labute approximate surface area is 176 Å². The highest BCUT2D eigenvalue weighted by atomic mass is 32.2. The van der Waals surface area contributed by atoms with Gasteiger partial charge in [-0.2, -0.15) is 0 Å². The number of nitrogens with zero attached hydrogens (tertiary/aromatic N) is 4. The summed E-state index contributed by atoms with van der Waals surface area (Å²) in [5.74, 6) is 0.0250. The highest BCUT2D eigenvalue weighted by Crippen LogP contribution is 2.24. The second-order valence-corrected chi connectivity index (χ2v) is 9.71. The van der Waals surface area contributed by atoms with Crippen LogP contribution in [0.1, 0.15) is 18.4 Å². The Bertz CT molecular complexity index is 1120. The van der Waals surface area contributed by atoms with Gasteiger partial charge in [-0.3, -0.25) is 4.79 Å². The molecule has 1 aliphatic heterocycles. The molecule has 0 atom stereocenters. The highest BCUT2D eigenvalue weighted by molar-refractivity contribution is 7.91. The molecule has 1 fully saturated rings. The lowest BCUT2D eigenvalue weighted by Crippen LogP contribution is -2.43. The van der Waals surface area contributed by atoms with Crippen molar-refractivity contribution in [1.29, 1.82) is 0 Å². The highest BCUT2D eigenvalue weighted by Gasteiger charge is 2.35. The first-order valence-electron chi connectivity index (χ1n) is 9.95. The average molecular weight is 425 g/mol. The molecule has 2 heterocycles. The van der Waals surface area contributed by atoms with Crippen molar-refractivity contribution in [3.63, 3.8) is 0 Å². The van der Waals surface area contributed by atoms with Crippen LogP contribution in [0.25, 0.3) is 11.1 Å². The van der Waals surface area contributed by atoms with Gasteiger partial charge in [0, 0.05) is 20.1 Å². The van der Waals surface area contributed by atoms with Gasteiger partial charge in [-0.1, -0.05) is 54.6 Å². The van der Waals surface area contributed by atoms with Crippen molar-refractivity contribution >= 4 is 15.7 Å². The van der Waals surface area contributed by atoms with Crippen molar-refractivity contribution in [2.45, 2.75) is 29.7 Å². The van der Waals surface area contributed by atoms with Crippen LogP contribution < -0.4 is 0 Å². The molecule has 0 aliphatic carbocycles. The largest absolute Gasteiger partial charge is 0.342 e. The summed E-state index contributed by atoms with van der Waals surface area (Å²) < 4.78 is 26.9. The summed E-state index contributed by atoms with van der Waals surface area (Å²) in [6.07, 6.45) is 2.52. The molecule has 0 spiro atoms. The first-order valence-corrected chi connectivity index (χ1v) is 11.5. The third-order valence-electron chi connectivity index (χ3n) is 5.57. The van der Waals surface area contributed by atoms with Crippen LogP contribution in [-0.2, 0) is 28.1 Å². The van der Waals surface area contributed by atoms with Crippen LogP contribution in [0.5, 0.6) is 0 Å². The number of carbonyl (C=O) groups is 1. The molecule has 4 rings (SSSR count). The first kappa shape index (κ1) is 20.3. The lowest BCUT2D eigenvalue weighted by Gasteiger charge is -2.31. The van der Waals surface area contributed by atoms with Crippen molar-refractivity contribution in [2.75, 3.05) is 13.1 Å². The van der Waals surface area contributed by atoms with Crippen molar-refractivity contribution in [3.8, 4) is 11.1 Å². The molecule has 30 heavy (non-hydrogen) atoms. The number of aryl methyl sites for hydroxylation is 1. The van der Waals surface area contributed by atoms with E-state index in [2.05, 4.69) is 22.3 Å². The molecule has 1 aromatic heterocycles. The normalized spacial score (nSPS) is 15.3. The van der Waals surface area contributed by atoms with Crippen molar-refractivity contribution in [3.05, 3.63) is 66.5 Å². The summed E-state index contributed by atoms with van der Waals surface area (Å²) in [4.78, 5) is 14.5. The maximum atomic E-state index is 12.8. The van der Waals surface area contributed by atoms with Gasteiger partial charge < -0.3 is 9.47 Å². The average Bonchev–Trinajstić information content (AvgIpc) is 3.22. The number of amides is 1. The van der Waals surface area contributed by atoms with Gasteiger partial charge in [-0.05, 0) is 29.5 Å². The Morgan fingerprint density at radius 2 is 1.63 bits per heavy atom. The number of hydrogen-bond donors (Lipinski definition) is 0. The van der Waals surface area contributed by atoms with Gasteiger partial charge in [0.1, 0.15) is 6.33 Å². The summed E-state index contributed by atoms with van der Waals surface area (Å²) >= 11 is 0. The molecule has 3 aromatic rings. The molecule has 1 saturated heterocycles. The van der Waals surface area contributed by atoms with Gasteiger partial charge in [0.2, 0.25) is 20.9 Å². The molecular weight excluding hydrogens is 400 g/mol. The summed E-state index contributed by atoms with van der Waals surface area (Å²) in [6, 6.07) is 18.1. The van der Waals surface area contributed by atoms with Gasteiger partial charge in [0.25, 0.3) is 0 Å². The lowest BCUT2D eigenvalue weighted by molar-refractivity contribution is -0.131. The predicted molar refractivity (Wildman–Crippen MR) is 113 cm³/mol. The standard InChI is InChI=1S/C22H24N4O3S/c1-25-16-23-24-22(25)30(28,29)20-11-13-26(14-12-20)21(27)15-17-7-9-19(10-8-17)18-5-3-2-4-6-18/h2-10,16,20H,11-15H2,1H3. The smallest absolute Gasteiger partial charge is 0.249 e. The molecule has 0 bridgehead atoms. The Morgan fingerprint density at radius 3 is 2.23 bits per heavy atom. The Hall–Kier alpha value is -3.00. The van der Waals surface area contributed by atoms with E-state index in [1.54, 1.807) is 11.9 Å². The van der Waals surface area contributed by atoms with Crippen LogP contribution >= 0.6 is 0 Å². The van der Waals surface area contributed by atoms with Gasteiger partial charge >= 0.3 is 0 Å². The van der Waals surface area contributed by atoms with E-state index in [-0.39, 0.29) is 11.1 Å². The van der Waals surface area contributed by atoms with E-state index in [9.17, 15) is 13.2 Å². The van der Waals surface area contributed by atoms with E-state index in [1.807, 2.05) is 42.5 Å². The van der Waals surface area contributed by atoms with Gasteiger partial charge in [0.15, 0.2) is 0 Å². The second-order valence-electron chi connectivity index (χ2n) is 7.59. The van der Waals surface area contributed by atoms with Crippen LogP contribution in [0, 0.1) is 0 Å². The molecule has 8 heteroatoms. The van der Waals surface area contributed by atoms with E-state index in [1.165, 1.54) is 10.9 Å². The number of benzene rings is 2. The van der Waals surface area contributed by atoms with Gasteiger partial charge in [0.05, 0.1) is 11.7 Å². The third kappa shape index (κ3) is 4.14. The topological polar surface area (TPSA) is 85.2 Å². The molecule has 7 nitrogen and oxygen atoms in total. The summed E-state index contributed by atoms with van der Waals surface area (Å²) in [5, 5.41) is 6.87. The molecule has 1 amide bonds. The van der Waals surface area contributed by atoms with Crippen molar-refractivity contribution in [2.24, 2.45) is 7.05 Å². The van der Waals surface area contributed by atoms with Crippen LogP contribution in [0.3, 0.4) is 0 Å². The zero-order chi connectivity index (χ0) is 21.1. The minimum atomic E-state index is -3.54. The number of sulfone groups is 1.